The molecule has 0 aromatic carbocycles. The van der Waals surface area contributed by atoms with E-state index in [9.17, 15) is 0 Å². The lowest BCUT2D eigenvalue weighted by atomic mass is 10.3. The standard InChI is InChI=1S/C9H17BrS/c1-9(2)5-8-11(10)6-3-4-7-11/h5H,3-4,6-8H2,1-2H3. The fourth-order valence-electron chi connectivity index (χ4n) is 1.31. The van der Waals surface area contributed by atoms with E-state index in [0.717, 1.165) is 0 Å². The van der Waals surface area contributed by atoms with Gasteiger partial charge in [0.25, 0.3) is 0 Å². The van der Waals surface area contributed by atoms with Crippen LogP contribution < -0.4 is 0 Å². The third-order valence-electron chi connectivity index (χ3n) is 2.06. The smallest absolute Gasteiger partial charge is 0.00467 e. The molecule has 66 valence electrons. The molecule has 1 saturated heterocycles. The normalized spacial score (nSPS) is 24.6. The lowest BCUT2D eigenvalue weighted by Crippen LogP contribution is -1.96. The Hall–Kier alpha value is 0.570. The molecule has 1 aliphatic heterocycles. The van der Waals surface area contributed by atoms with Gasteiger partial charge in [0.15, 0.2) is 0 Å². The summed E-state index contributed by atoms with van der Waals surface area (Å²) in [7, 11) is -0.363. The van der Waals surface area contributed by atoms with Crippen LogP contribution in [0.5, 0.6) is 0 Å². The molecule has 0 atom stereocenters. The summed E-state index contributed by atoms with van der Waals surface area (Å²) in [5, 5.41) is 0. The van der Waals surface area contributed by atoms with Crippen LogP contribution in [0.3, 0.4) is 0 Å². The van der Waals surface area contributed by atoms with Crippen molar-refractivity contribution in [2.24, 2.45) is 0 Å². The van der Waals surface area contributed by atoms with Crippen molar-refractivity contribution in [1.82, 2.24) is 0 Å². The largest absolute Gasteiger partial charge is 0.180 e. The van der Waals surface area contributed by atoms with E-state index in [4.69, 9.17) is 0 Å². The maximum atomic E-state index is 3.91. The average Bonchev–Trinajstić information content (AvgIpc) is 2.33. The fourth-order valence-corrected chi connectivity index (χ4v) is 5.69. The van der Waals surface area contributed by atoms with Crippen molar-refractivity contribution < 1.29 is 0 Å². The summed E-state index contributed by atoms with van der Waals surface area (Å²) in [4.78, 5) is 0. The van der Waals surface area contributed by atoms with Crippen molar-refractivity contribution in [3.05, 3.63) is 11.6 Å². The van der Waals surface area contributed by atoms with Crippen molar-refractivity contribution in [1.29, 1.82) is 0 Å². The summed E-state index contributed by atoms with van der Waals surface area (Å²) < 4.78 is 0. The van der Waals surface area contributed by atoms with E-state index in [1.54, 1.807) is 0 Å². The molecule has 1 aliphatic rings. The first-order valence-corrected chi connectivity index (χ1v) is 8.20. The zero-order valence-electron chi connectivity index (χ0n) is 7.40. The molecule has 1 fully saturated rings. The second-order valence-electron chi connectivity index (χ2n) is 3.50. The molecule has 0 amide bonds. The molecule has 2 heteroatoms. The summed E-state index contributed by atoms with van der Waals surface area (Å²) >= 11 is 3.91. The molecule has 0 aromatic rings. The van der Waals surface area contributed by atoms with Gasteiger partial charge in [0.1, 0.15) is 0 Å². The number of rotatable bonds is 2. The van der Waals surface area contributed by atoms with E-state index in [1.807, 2.05) is 0 Å². The Balaban J connectivity index is 2.40. The Kier molecular flexibility index (Phi) is 3.51. The second-order valence-corrected chi connectivity index (χ2v) is 10.7. The van der Waals surface area contributed by atoms with Gasteiger partial charge in [-0.3, -0.25) is 0 Å². The molecule has 0 aliphatic carbocycles. The van der Waals surface area contributed by atoms with E-state index < -0.39 is 0 Å². The van der Waals surface area contributed by atoms with Gasteiger partial charge in [-0.25, -0.2) is 0 Å². The first kappa shape index (κ1) is 9.66. The zero-order valence-corrected chi connectivity index (χ0v) is 9.80. The first-order valence-electron chi connectivity index (χ1n) is 4.22. The summed E-state index contributed by atoms with van der Waals surface area (Å²) in [5.74, 6) is 4.18. The van der Waals surface area contributed by atoms with E-state index in [1.165, 1.54) is 35.7 Å². The Morgan fingerprint density at radius 2 is 1.91 bits per heavy atom. The van der Waals surface area contributed by atoms with E-state index in [0.29, 0.717) is 0 Å². The quantitative estimate of drug-likeness (QED) is 0.640. The van der Waals surface area contributed by atoms with Crippen LogP contribution in [0.2, 0.25) is 0 Å². The molecule has 0 saturated carbocycles. The zero-order chi connectivity index (χ0) is 8.32. The number of halogens is 1. The van der Waals surface area contributed by atoms with Crippen molar-refractivity contribution in [3.63, 3.8) is 0 Å². The topological polar surface area (TPSA) is 0 Å². The molecule has 1 rings (SSSR count). The number of hydrogen-bond donors (Lipinski definition) is 0. The lowest BCUT2D eigenvalue weighted by molar-refractivity contribution is 0.949. The van der Waals surface area contributed by atoms with E-state index in [2.05, 4.69) is 34.7 Å². The molecule has 0 spiro atoms. The van der Waals surface area contributed by atoms with Crippen LogP contribution in [-0.4, -0.2) is 17.3 Å². The van der Waals surface area contributed by atoms with Crippen molar-refractivity contribution >= 4 is 23.3 Å². The predicted molar refractivity (Wildman–Crippen MR) is 59.8 cm³/mol. The van der Waals surface area contributed by atoms with Gasteiger partial charge in [-0.2, -0.15) is 8.46 Å². The molecule has 0 nitrogen and oxygen atoms in total. The van der Waals surface area contributed by atoms with Gasteiger partial charge in [-0.05, 0) is 53.0 Å². The third-order valence-corrected chi connectivity index (χ3v) is 7.60. The van der Waals surface area contributed by atoms with Gasteiger partial charge in [0.05, 0.1) is 0 Å². The molecule has 0 unspecified atom stereocenters. The van der Waals surface area contributed by atoms with Gasteiger partial charge in [-0.1, -0.05) is 11.6 Å². The highest BCUT2D eigenvalue weighted by Crippen LogP contribution is 2.60. The molecule has 11 heavy (non-hydrogen) atoms. The molecular formula is C9H17BrS. The molecule has 0 bridgehead atoms. The summed E-state index contributed by atoms with van der Waals surface area (Å²) in [6.45, 7) is 4.37. The minimum Gasteiger partial charge on any atom is -0.180 e. The SMILES string of the molecule is CC(C)=CCS1(Br)CCCC1. The highest BCUT2D eigenvalue weighted by molar-refractivity contribution is 9.58. The summed E-state index contributed by atoms with van der Waals surface area (Å²) in [6.07, 6.45) is 5.27. The Bertz CT molecular complexity index is 153. The summed E-state index contributed by atoms with van der Waals surface area (Å²) in [6, 6.07) is 0. The predicted octanol–water partition coefficient (Wildman–Crippen LogP) is 3.86. The van der Waals surface area contributed by atoms with Gasteiger partial charge in [-0.15, -0.1) is 0 Å². The minimum absolute atomic E-state index is 0.363. The maximum Gasteiger partial charge on any atom is 0.00467 e. The Labute approximate surface area is 79.0 Å². The van der Waals surface area contributed by atoms with Gasteiger partial charge in [0, 0.05) is 5.75 Å². The second kappa shape index (κ2) is 3.99. The molecule has 0 aromatic heterocycles. The number of allylic oxidation sites excluding steroid dienone is 1. The Morgan fingerprint density at radius 3 is 2.36 bits per heavy atom. The summed E-state index contributed by atoms with van der Waals surface area (Å²) in [5.41, 5.74) is 1.46. The fraction of sp³-hybridized carbons (Fsp3) is 0.778. The van der Waals surface area contributed by atoms with Crippen LogP contribution in [0.1, 0.15) is 26.7 Å². The van der Waals surface area contributed by atoms with Gasteiger partial charge >= 0.3 is 0 Å². The molecule has 0 N–H and O–H groups in total. The average molecular weight is 237 g/mol. The highest BCUT2D eigenvalue weighted by atomic mass is 79.9. The van der Waals surface area contributed by atoms with Crippen molar-refractivity contribution in [3.8, 4) is 0 Å². The third kappa shape index (κ3) is 3.20. The highest BCUT2D eigenvalue weighted by Gasteiger charge is 2.23. The number of hydrogen-bond acceptors (Lipinski definition) is 0. The first-order chi connectivity index (χ1) is 5.12. The van der Waals surface area contributed by atoms with E-state index in [-0.39, 0.29) is 8.46 Å². The lowest BCUT2D eigenvalue weighted by Gasteiger charge is -2.25. The van der Waals surface area contributed by atoms with Gasteiger partial charge in [0.2, 0.25) is 0 Å². The Morgan fingerprint density at radius 1 is 1.36 bits per heavy atom. The molecule has 0 radical (unpaired) electrons. The van der Waals surface area contributed by atoms with Crippen LogP contribution in [0.15, 0.2) is 11.6 Å². The van der Waals surface area contributed by atoms with Crippen LogP contribution in [0.25, 0.3) is 0 Å². The van der Waals surface area contributed by atoms with Crippen LogP contribution in [-0.2, 0) is 0 Å². The molecule has 1 heterocycles. The van der Waals surface area contributed by atoms with Gasteiger partial charge < -0.3 is 0 Å². The van der Waals surface area contributed by atoms with Crippen molar-refractivity contribution in [2.45, 2.75) is 26.7 Å². The van der Waals surface area contributed by atoms with Crippen LogP contribution in [0.4, 0.5) is 0 Å². The maximum absolute atomic E-state index is 3.91. The van der Waals surface area contributed by atoms with Crippen molar-refractivity contribution in [2.75, 3.05) is 17.3 Å². The monoisotopic (exact) mass is 236 g/mol. The van der Waals surface area contributed by atoms with Crippen LogP contribution in [0, 0.1) is 0 Å². The van der Waals surface area contributed by atoms with Crippen LogP contribution >= 0.6 is 23.3 Å². The van der Waals surface area contributed by atoms with E-state index >= 15 is 0 Å². The minimum atomic E-state index is -0.363. The molecular weight excluding hydrogens is 220 g/mol.